The number of aromatic carboxylic acids is 2. The van der Waals surface area contributed by atoms with Gasteiger partial charge in [-0.1, -0.05) is 0 Å². The summed E-state index contributed by atoms with van der Waals surface area (Å²) in [5, 5.41) is 60.4. The fourth-order valence-electron chi connectivity index (χ4n) is 5.83. The zero-order chi connectivity index (χ0) is 43.8. The number of carbonyl (C=O) groups is 4. The van der Waals surface area contributed by atoms with E-state index in [1.165, 1.54) is 86.6 Å². The number of aromatic hydroxyl groups is 2. The van der Waals surface area contributed by atoms with Gasteiger partial charge in [-0.2, -0.15) is 27.1 Å². The number of benzene rings is 6. The van der Waals surface area contributed by atoms with E-state index in [1.807, 2.05) is 0 Å². The molecule has 0 heterocycles. The van der Waals surface area contributed by atoms with Crippen LogP contribution in [0.25, 0.3) is 21.5 Å². The lowest BCUT2D eigenvalue weighted by atomic mass is 10.1. The van der Waals surface area contributed by atoms with Gasteiger partial charge in [0.05, 0.1) is 22.5 Å². The number of aryl methyl sites for hydroxylation is 2. The lowest BCUT2D eigenvalue weighted by Crippen LogP contribution is -2.29. The first-order valence-electron chi connectivity index (χ1n) is 16.8. The van der Waals surface area contributed by atoms with Gasteiger partial charge in [-0.25, -0.2) is 9.59 Å². The molecule has 0 aliphatic rings. The Bertz CT molecular complexity index is 2940. The minimum absolute atomic E-state index is 0.00503. The lowest BCUT2D eigenvalue weighted by Gasteiger charge is -2.12. The van der Waals surface area contributed by atoms with Crippen LogP contribution in [-0.4, -0.2) is 70.1 Å². The molecule has 6 aromatic carbocycles. The van der Waals surface area contributed by atoms with Crippen LogP contribution in [0.4, 0.5) is 34.1 Å². The van der Waals surface area contributed by atoms with Crippen LogP contribution in [0.2, 0.25) is 0 Å². The molecule has 0 saturated heterocycles. The van der Waals surface area contributed by atoms with Crippen molar-refractivity contribution < 1.29 is 65.5 Å². The molecule has 6 aromatic rings. The van der Waals surface area contributed by atoms with Crippen molar-refractivity contribution in [2.45, 2.75) is 23.6 Å². The Hall–Kier alpha value is -7.66. The molecule has 6 rings (SSSR count). The topological polar surface area (TPSA) is 331 Å². The quantitative estimate of drug-likeness (QED) is 0.0380. The van der Waals surface area contributed by atoms with Crippen molar-refractivity contribution in [1.82, 2.24) is 0 Å². The van der Waals surface area contributed by atoms with Gasteiger partial charge >= 0.3 is 23.8 Å². The first-order valence-corrected chi connectivity index (χ1v) is 19.7. The van der Waals surface area contributed by atoms with Crippen LogP contribution in [0.1, 0.15) is 31.8 Å². The number of fused-ring (bicyclic) bond motifs is 2. The molecule has 0 saturated carbocycles. The van der Waals surface area contributed by atoms with Crippen LogP contribution in [0, 0.1) is 13.8 Å². The number of carboxylic acid groups (broad SMARTS) is 2. The smallest absolute Gasteiger partial charge is 0.335 e. The van der Waals surface area contributed by atoms with Gasteiger partial charge in [0, 0.05) is 22.1 Å². The second-order valence-corrected chi connectivity index (χ2v) is 15.7. The Balaban J connectivity index is 1.24. The van der Waals surface area contributed by atoms with Crippen LogP contribution in [-0.2, 0) is 29.8 Å². The monoisotopic (exact) mass is 856 g/mol. The van der Waals surface area contributed by atoms with Crippen molar-refractivity contribution >= 4 is 99.7 Å². The van der Waals surface area contributed by atoms with Gasteiger partial charge in [0.1, 0.15) is 21.2 Å². The second-order valence-electron chi connectivity index (χ2n) is 12.9. The summed E-state index contributed by atoms with van der Waals surface area (Å²) in [6, 6.07) is 17.0. The molecule has 0 unspecified atom stereocenters. The fraction of sp³-hybridized carbons (Fsp3) is 0.0526. The van der Waals surface area contributed by atoms with E-state index in [-0.39, 0.29) is 55.4 Å². The third kappa shape index (κ3) is 8.75. The molecule has 0 radical (unpaired) electrons. The molecule has 0 atom stereocenters. The number of carbonyl (C=O) groups excluding carboxylic acids is 2. The molecule has 0 fully saturated rings. The Morgan fingerprint density at radius 1 is 0.517 bits per heavy atom. The summed E-state index contributed by atoms with van der Waals surface area (Å²) < 4.78 is 69.4. The number of hydrogen-bond donors (Lipinski definition) is 8. The largest absolute Gasteiger partial charge is 0.505 e. The number of phenols is 2. The fourth-order valence-corrected chi connectivity index (χ4v) is 7.15. The summed E-state index contributed by atoms with van der Waals surface area (Å²) in [5.41, 5.74) is -0.514. The van der Waals surface area contributed by atoms with E-state index >= 15 is 0 Å². The van der Waals surface area contributed by atoms with Gasteiger partial charge in [0.2, 0.25) is 0 Å². The van der Waals surface area contributed by atoms with E-state index in [2.05, 4.69) is 31.1 Å². The normalized spacial score (nSPS) is 12.0. The van der Waals surface area contributed by atoms with Crippen molar-refractivity contribution in [2.75, 3.05) is 10.6 Å². The van der Waals surface area contributed by atoms with Crippen molar-refractivity contribution in [3.05, 3.63) is 107 Å². The standard InChI is InChI=1S/C38H28N6O14S2/c1-17-11-19(37(49)50)3-9-27(17)41-43-31-29(59(53,54)55)15-21-13-23(5-7-25(21)33(31)45)39-35(47)36(48)40-24-6-8-26-22(14-24)16-30(60(56,57)58)32(34(26)46)44-42-28-10-4-20(38(51)52)12-18(28)2/h3-16,45-46H,1-2H3,(H,39,47)(H,40,48)(H,49,50)(H,51,52)(H,53,54,55)(H,56,57,58). The summed E-state index contributed by atoms with van der Waals surface area (Å²) >= 11 is 0. The third-order valence-electron chi connectivity index (χ3n) is 8.78. The van der Waals surface area contributed by atoms with Crippen LogP contribution in [0.15, 0.2) is 115 Å². The van der Waals surface area contributed by atoms with Gasteiger partial charge < -0.3 is 31.1 Å². The highest BCUT2D eigenvalue weighted by molar-refractivity contribution is 7.86. The van der Waals surface area contributed by atoms with Crippen LogP contribution in [0.5, 0.6) is 11.5 Å². The second kappa shape index (κ2) is 15.9. The van der Waals surface area contributed by atoms with Gasteiger partial charge in [-0.3, -0.25) is 18.7 Å². The summed E-state index contributed by atoms with van der Waals surface area (Å²) in [4.78, 5) is 46.7. The molecule has 0 bridgehead atoms. The van der Waals surface area contributed by atoms with Gasteiger partial charge in [-0.15, -0.1) is 10.2 Å². The molecule has 0 aliphatic carbocycles. The molecule has 2 amide bonds. The maximum absolute atomic E-state index is 12.9. The first kappa shape index (κ1) is 42.0. The first-order chi connectivity index (χ1) is 28.1. The Kier molecular flexibility index (Phi) is 11.1. The van der Waals surface area contributed by atoms with E-state index in [4.69, 9.17) is 0 Å². The van der Waals surface area contributed by atoms with E-state index in [0.29, 0.717) is 11.1 Å². The predicted octanol–water partition coefficient (Wildman–Crippen LogP) is 7.32. The van der Waals surface area contributed by atoms with Gasteiger partial charge in [0.15, 0.2) is 11.5 Å². The molecule has 20 nitrogen and oxygen atoms in total. The van der Waals surface area contributed by atoms with E-state index < -0.39 is 76.7 Å². The molecular weight excluding hydrogens is 829 g/mol. The van der Waals surface area contributed by atoms with Crippen molar-refractivity contribution in [3.8, 4) is 11.5 Å². The van der Waals surface area contributed by atoms with E-state index in [9.17, 15) is 65.5 Å². The molecule has 0 aromatic heterocycles. The molecule has 0 aliphatic heterocycles. The third-order valence-corrected chi connectivity index (χ3v) is 10.5. The molecule has 22 heteroatoms. The van der Waals surface area contributed by atoms with Crippen LogP contribution in [0.3, 0.4) is 0 Å². The Morgan fingerprint density at radius 3 is 1.20 bits per heavy atom. The molecule has 60 heavy (non-hydrogen) atoms. The highest BCUT2D eigenvalue weighted by Gasteiger charge is 2.25. The van der Waals surface area contributed by atoms with Crippen molar-refractivity contribution in [2.24, 2.45) is 20.5 Å². The van der Waals surface area contributed by atoms with Crippen molar-refractivity contribution in [1.29, 1.82) is 0 Å². The maximum Gasteiger partial charge on any atom is 0.335 e. The Morgan fingerprint density at radius 2 is 0.883 bits per heavy atom. The lowest BCUT2D eigenvalue weighted by molar-refractivity contribution is -0.132. The molecular formula is C38H28N6O14S2. The number of azo groups is 2. The maximum atomic E-state index is 12.9. The molecule has 306 valence electrons. The summed E-state index contributed by atoms with van der Waals surface area (Å²) in [6.45, 7) is 3.05. The van der Waals surface area contributed by atoms with Crippen LogP contribution >= 0.6 is 0 Å². The number of nitrogens with one attached hydrogen (secondary N) is 2. The number of rotatable bonds is 10. The summed E-state index contributed by atoms with van der Waals surface area (Å²) in [7, 11) is -10.1. The summed E-state index contributed by atoms with van der Waals surface area (Å²) in [6.07, 6.45) is 0. The van der Waals surface area contributed by atoms with E-state index in [1.54, 1.807) is 0 Å². The summed E-state index contributed by atoms with van der Waals surface area (Å²) in [5.74, 6) is -6.32. The predicted molar refractivity (Wildman–Crippen MR) is 213 cm³/mol. The van der Waals surface area contributed by atoms with Gasteiger partial charge in [0.25, 0.3) is 20.2 Å². The minimum Gasteiger partial charge on any atom is -0.505 e. The minimum atomic E-state index is -5.05. The number of phenolic OH excluding ortho intramolecular Hbond substituents is 2. The number of carboxylic acids is 2. The van der Waals surface area contributed by atoms with Crippen LogP contribution < -0.4 is 10.6 Å². The Labute approximate surface area is 337 Å². The zero-order valence-electron chi connectivity index (χ0n) is 30.6. The molecule has 8 N–H and O–H groups in total. The number of nitrogens with zero attached hydrogens (tertiary/aromatic N) is 4. The number of hydrogen-bond acceptors (Lipinski definition) is 14. The van der Waals surface area contributed by atoms with Crippen molar-refractivity contribution in [3.63, 3.8) is 0 Å². The van der Waals surface area contributed by atoms with Gasteiger partial charge in [-0.05, 0) is 121 Å². The average Bonchev–Trinajstić information content (AvgIpc) is 3.16. The zero-order valence-corrected chi connectivity index (χ0v) is 32.3. The highest BCUT2D eigenvalue weighted by Crippen LogP contribution is 2.44. The highest BCUT2D eigenvalue weighted by atomic mass is 32.2. The average molecular weight is 857 g/mol. The number of anilines is 2. The van der Waals surface area contributed by atoms with E-state index in [0.717, 1.165) is 12.1 Å². The SMILES string of the molecule is Cc1cc(C(=O)O)ccc1N=Nc1c(S(=O)(=O)O)cc2cc(NC(=O)C(=O)Nc3ccc4c(O)c(N=Nc5ccc(C(=O)O)cc5C)c(S(=O)(=O)O)cc4c3)ccc2c1O. The number of amides is 2. The molecule has 0 spiro atoms.